The Bertz CT molecular complexity index is 1040. The highest BCUT2D eigenvalue weighted by Crippen LogP contribution is 2.26. The lowest BCUT2D eigenvalue weighted by Crippen LogP contribution is -2.22. The number of halogens is 3. The maximum atomic E-state index is 12.7. The summed E-state index contributed by atoms with van der Waals surface area (Å²) >= 11 is 15.5. The zero-order valence-corrected chi connectivity index (χ0v) is 19.9. The average Bonchev–Trinajstić information content (AvgIpc) is 2.69. The van der Waals surface area contributed by atoms with Gasteiger partial charge in [-0.3, -0.25) is 9.59 Å². The van der Waals surface area contributed by atoms with E-state index in [1.54, 1.807) is 51.4 Å². The molecule has 0 unspecified atom stereocenters. The molecular formula is C20H20BrCl2N5O2. The fourth-order valence-electron chi connectivity index (χ4n) is 2.51. The fraction of sp³-hybridized carbons (Fsp3) is 0.200. The first-order chi connectivity index (χ1) is 14.1. The molecule has 2 rings (SSSR count). The van der Waals surface area contributed by atoms with E-state index in [0.29, 0.717) is 37.3 Å². The molecule has 0 aliphatic heterocycles. The molecule has 1 aromatic carbocycles. The van der Waals surface area contributed by atoms with Crippen LogP contribution in [-0.2, 0) is 4.79 Å². The topological polar surface area (TPSA) is 86.7 Å². The minimum absolute atomic E-state index is 0.279. The Morgan fingerprint density at radius 1 is 1.30 bits per heavy atom. The predicted molar refractivity (Wildman–Crippen MR) is 126 cm³/mol. The first kappa shape index (κ1) is 23.9. The molecule has 2 amide bonds. The molecule has 0 atom stereocenters. The van der Waals surface area contributed by atoms with Gasteiger partial charge in [-0.2, -0.15) is 5.10 Å². The van der Waals surface area contributed by atoms with Gasteiger partial charge in [-0.25, -0.2) is 9.99 Å². The predicted octanol–water partition coefficient (Wildman–Crippen LogP) is 4.79. The molecular weight excluding hydrogens is 493 g/mol. The SMILES string of the molecule is CNC(=O)c1cc(Cl)cc(C)c1NC(=O)/C(C)=C/C(Br)=N\N(C)c1ncccc1Cl. The number of carbonyl (C=O) groups excluding carboxylic acids is 2. The lowest BCUT2D eigenvalue weighted by Gasteiger charge is -2.15. The second kappa shape index (κ2) is 10.6. The minimum atomic E-state index is -0.392. The van der Waals surface area contributed by atoms with Gasteiger partial charge in [0.25, 0.3) is 11.8 Å². The Hall–Kier alpha value is -2.42. The van der Waals surface area contributed by atoms with Gasteiger partial charge in [-0.15, -0.1) is 0 Å². The molecule has 0 bridgehead atoms. The lowest BCUT2D eigenvalue weighted by atomic mass is 10.1. The number of aromatic nitrogens is 1. The zero-order valence-electron chi connectivity index (χ0n) is 16.8. The monoisotopic (exact) mass is 511 g/mol. The van der Waals surface area contributed by atoms with Crippen LogP contribution < -0.4 is 15.6 Å². The fourth-order valence-corrected chi connectivity index (χ4v) is 3.61. The summed E-state index contributed by atoms with van der Waals surface area (Å²) in [6.45, 7) is 3.39. The van der Waals surface area contributed by atoms with E-state index in [-0.39, 0.29) is 11.5 Å². The molecule has 0 spiro atoms. The van der Waals surface area contributed by atoms with Crippen molar-refractivity contribution in [2.75, 3.05) is 24.4 Å². The summed E-state index contributed by atoms with van der Waals surface area (Å²) in [5, 5.41) is 12.0. The molecule has 1 aromatic heterocycles. The van der Waals surface area contributed by atoms with Crippen LogP contribution in [0, 0.1) is 6.92 Å². The number of anilines is 2. The third-order valence-electron chi connectivity index (χ3n) is 4.00. The molecule has 0 saturated heterocycles. The maximum absolute atomic E-state index is 12.7. The van der Waals surface area contributed by atoms with E-state index in [1.807, 2.05) is 0 Å². The Labute approximate surface area is 193 Å². The first-order valence-corrected chi connectivity index (χ1v) is 10.3. The molecule has 7 nitrogen and oxygen atoms in total. The number of rotatable bonds is 6. The lowest BCUT2D eigenvalue weighted by molar-refractivity contribution is -0.112. The van der Waals surface area contributed by atoms with Crippen LogP contribution in [0.5, 0.6) is 0 Å². The summed E-state index contributed by atoms with van der Waals surface area (Å²) in [7, 11) is 3.19. The highest BCUT2D eigenvalue weighted by molar-refractivity contribution is 9.18. The van der Waals surface area contributed by atoms with Crippen LogP contribution in [0.4, 0.5) is 11.5 Å². The molecule has 10 heteroatoms. The molecule has 1 heterocycles. The molecule has 30 heavy (non-hydrogen) atoms. The molecule has 0 radical (unpaired) electrons. The summed E-state index contributed by atoms with van der Waals surface area (Å²) in [5.41, 5.74) is 1.70. The van der Waals surface area contributed by atoms with Gasteiger partial charge in [0.1, 0.15) is 4.62 Å². The molecule has 2 aromatic rings. The molecule has 0 fully saturated rings. The third-order valence-corrected chi connectivity index (χ3v) is 4.90. The van der Waals surface area contributed by atoms with E-state index in [0.717, 1.165) is 0 Å². The van der Waals surface area contributed by atoms with Crippen LogP contribution in [0.15, 0.2) is 47.2 Å². The van der Waals surface area contributed by atoms with Gasteiger partial charge < -0.3 is 10.6 Å². The molecule has 0 aliphatic carbocycles. The van der Waals surface area contributed by atoms with Gasteiger partial charge in [-0.1, -0.05) is 23.2 Å². The van der Waals surface area contributed by atoms with Gasteiger partial charge in [0.2, 0.25) is 0 Å². The van der Waals surface area contributed by atoms with Gasteiger partial charge in [0.15, 0.2) is 5.82 Å². The van der Waals surface area contributed by atoms with E-state index in [4.69, 9.17) is 23.2 Å². The summed E-state index contributed by atoms with van der Waals surface area (Å²) < 4.78 is 0.388. The number of amides is 2. The van der Waals surface area contributed by atoms with Crippen LogP contribution in [0.25, 0.3) is 0 Å². The number of carbonyl (C=O) groups is 2. The van der Waals surface area contributed by atoms with Crippen LogP contribution in [0.3, 0.4) is 0 Å². The highest BCUT2D eigenvalue weighted by Gasteiger charge is 2.17. The Kier molecular flexibility index (Phi) is 8.40. The number of aryl methyl sites for hydroxylation is 1. The van der Waals surface area contributed by atoms with E-state index in [2.05, 4.69) is 36.6 Å². The quantitative estimate of drug-likeness (QED) is 0.331. The molecule has 0 aliphatic rings. The number of hydrogen-bond donors (Lipinski definition) is 2. The van der Waals surface area contributed by atoms with E-state index in [1.165, 1.54) is 18.1 Å². The van der Waals surface area contributed by atoms with Gasteiger partial charge in [0, 0.05) is 30.9 Å². The largest absolute Gasteiger partial charge is 0.355 e. The van der Waals surface area contributed by atoms with Crippen LogP contribution in [0.2, 0.25) is 10.0 Å². The van der Waals surface area contributed by atoms with Crippen molar-refractivity contribution < 1.29 is 9.59 Å². The van der Waals surface area contributed by atoms with Crippen LogP contribution >= 0.6 is 39.1 Å². The minimum Gasteiger partial charge on any atom is -0.355 e. The Morgan fingerprint density at radius 3 is 2.63 bits per heavy atom. The van der Waals surface area contributed by atoms with E-state index >= 15 is 0 Å². The number of allylic oxidation sites excluding steroid dienone is 1. The smallest absolute Gasteiger partial charge is 0.253 e. The number of benzene rings is 1. The summed E-state index contributed by atoms with van der Waals surface area (Å²) in [4.78, 5) is 29.0. The maximum Gasteiger partial charge on any atom is 0.253 e. The highest BCUT2D eigenvalue weighted by atomic mass is 79.9. The summed E-state index contributed by atoms with van der Waals surface area (Å²) in [6.07, 6.45) is 3.15. The number of hydrogen-bond acceptors (Lipinski definition) is 5. The number of hydrazone groups is 1. The average molecular weight is 513 g/mol. The zero-order chi connectivity index (χ0) is 22.4. The standard InChI is InChI=1S/C20H20BrCl2N5O2/c1-11-8-13(22)10-14(20(30)24-3)17(11)26-19(29)12(2)9-16(21)27-28(4)18-15(23)6-5-7-25-18/h5-10H,1-4H3,(H,24,30)(H,26,29)/b12-9+,27-16+. The van der Waals surface area contributed by atoms with Crippen molar-refractivity contribution in [1.82, 2.24) is 10.3 Å². The molecule has 0 saturated carbocycles. The van der Waals surface area contributed by atoms with Crippen molar-refractivity contribution in [1.29, 1.82) is 0 Å². The number of nitrogens with zero attached hydrogens (tertiary/aromatic N) is 3. The summed E-state index contributed by atoms with van der Waals surface area (Å²) in [5.74, 6) is -0.274. The van der Waals surface area contributed by atoms with Crippen molar-refractivity contribution in [3.63, 3.8) is 0 Å². The van der Waals surface area contributed by atoms with Crippen molar-refractivity contribution in [2.45, 2.75) is 13.8 Å². The van der Waals surface area contributed by atoms with Gasteiger partial charge in [0.05, 0.1) is 16.3 Å². The first-order valence-electron chi connectivity index (χ1n) is 8.74. The third kappa shape index (κ3) is 6.04. The van der Waals surface area contributed by atoms with E-state index in [9.17, 15) is 9.59 Å². The molecule has 158 valence electrons. The Morgan fingerprint density at radius 2 is 2.00 bits per heavy atom. The van der Waals surface area contributed by atoms with Crippen molar-refractivity contribution in [2.24, 2.45) is 5.10 Å². The van der Waals surface area contributed by atoms with Crippen LogP contribution in [-0.4, -0.2) is 35.5 Å². The van der Waals surface area contributed by atoms with Crippen molar-refractivity contribution >= 4 is 67.1 Å². The second-order valence-corrected chi connectivity index (χ2v) is 7.92. The van der Waals surface area contributed by atoms with Crippen LogP contribution in [0.1, 0.15) is 22.8 Å². The number of nitrogens with one attached hydrogen (secondary N) is 2. The van der Waals surface area contributed by atoms with Gasteiger partial charge in [-0.05, 0) is 65.7 Å². The van der Waals surface area contributed by atoms with E-state index < -0.39 is 5.91 Å². The molecule has 2 N–H and O–H groups in total. The van der Waals surface area contributed by atoms with Gasteiger partial charge >= 0.3 is 0 Å². The Balaban J connectivity index is 2.25. The number of pyridine rings is 1. The normalized spacial score (nSPS) is 11.8. The summed E-state index contributed by atoms with van der Waals surface area (Å²) in [6, 6.07) is 6.60. The van der Waals surface area contributed by atoms with Crippen molar-refractivity contribution in [3.8, 4) is 0 Å². The second-order valence-electron chi connectivity index (χ2n) is 6.26. The van der Waals surface area contributed by atoms with Crippen molar-refractivity contribution in [3.05, 3.63) is 63.3 Å².